The van der Waals surface area contributed by atoms with Crippen LogP contribution in [-0.2, 0) is 28.5 Å². The van der Waals surface area contributed by atoms with E-state index in [1.54, 1.807) is 0 Å². The van der Waals surface area contributed by atoms with E-state index < -0.39 is 49.4 Å². The third-order valence-corrected chi connectivity index (χ3v) is 10.2. The van der Waals surface area contributed by atoms with Crippen LogP contribution < -0.4 is 0 Å². The van der Waals surface area contributed by atoms with Crippen molar-refractivity contribution in [3.8, 4) is 0 Å². The molecule has 0 bridgehead atoms. The number of carbonyl (C=O) groups is 2. The number of unbranched alkanes of at least 4 members (excludes halogenated alkanes) is 18. The zero-order chi connectivity index (χ0) is 41.6. The summed E-state index contributed by atoms with van der Waals surface area (Å²) in [4.78, 5) is 25.2. The second kappa shape index (κ2) is 37.9. The first-order valence-corrected chi connectivity index (χ1v) is 22.7. The monoisotopic (exact) mass is 807 g/mol. The number of hydrogen-bond acceptors (Lipinski definition) is 10. The highest BCUT2D eigenvalue weighted by atomic mass is 16.7. The van der Waals surface area contributed by atoms with Crippen LogP contribution in [0.25, 0.3) is 0 Å². The molecule has 4 N–H and O–H groups in total. The Morgan fingerprint density at radius 3 is 1.56 bits per heavy atom. The lowest BCUT2D eigenvalue weighted by atomic mass is 9.99. The van der Waals surface area contributed by atoms with Gasteiger partial charge in [0.25, 0.3) is 0 Å². The van der Waals surface area contributed by atoms with Crippen molar-refractivity contribution in [2.75, 3.05) is 19.8 Å². The highest BCUT2D eigenvalue weighted by Crippen LogP contribution is 2.22. The Labute approximate surface area is 346 Å². The number of esters is 2. The number of rotatable bonds is 37. The van der Waals surface area contributed by atoms with E-state index in [1.165, 1.54) is 77.0 Å². The summed E-state index contributed by atoms with van der Waals surface area (Å²) >= 11 is 0. The van der Waals surface area contributed by atoms with Crippen LogP contribution in [0, 0.1) is 0 Å². The summed E-state index contributed by atoms with van der Waals surface area (Å²) in [7, 11) is 0. The van der Waals surface area contributed by atoms with Crippen molar-refractivity contribution < 1.29 is 49.0 Å². The van der Waals surface area contributed by atoms with Gasteiger partial charge in [-0.1, -0.05) is 165 Å². The maximum Gasteiger partial charge on any atom is 0.306 e. The predicted molar refractivity (Wildman–Crippen MR) is 229 cm³/mol. The molecule has 1 saturated heterocycles. The van der Waals surface area contributed by atoms with E-state index in [0.29, 0.717) is 6.42 Å². The van der Waals surface area contributed by atoms with E-state index in [2.05, 4.69) is 62.5 Å². The summed E-state index contributed by atoms with van der Waals surface area (Å²) in [5, 5.41) is 40.0. The Kier molecular flexibility index (Phi) is 35.0. The van der Waals surface area contributed by atoms with Crippen molar-refractivity contribution in [2.45, 2.75) is 218 Å². The maximum absolute atomic E-state index is 12.8. The molecule has 10 nitrogen and oxygen atoms in total. The molecule has 0 aliphatic carbocycles. The minimum absolute atomic E-state index is 0.218. The Morgan fingerprint density at radius 1 is 0.561 bits per heavy atom. The molecule has 6 atom stereocenters. The average molecular weight is 807 g/mol. The minimum Gasteiger partial charge on any atom is -0.462 e. The largest absolute Gasteiger partial charge is 0.462 e. The second-order valence-corrected chi connectivity index (χ2v) is 15.5. The van der Waals surface area contributed by atoms with Gasteiger partial charge in [0.1, 0.15) is 31.0 Å². The molecule has 0 saturated carbocycles. The summed E-state index contributed by atoms with van der Waals surface area (Å²) in [6, 6.07) is 0. The quantitative estimate of drug-likeness (QED) is 0.0271. The van der Waals surface area contributed by atoms with Gasteiger partial charge in [0.2, 0.25) is 0 Å². The van der Waals surface area contributed by atoms with Gasteiger partial charge < -0.3 is 39.4 Å². The van der Waals surface area contributed by atoms with E-state index in [4.69, 9.17) is 18.9 Å². The third kappa shape index (κ3) is 29.5. The fourth-order valence-corrected chi connectivity index (χ4v) is 6.65. The predicted octanol–water partition coefficient (Wildman–Crippen LogP) is 9.67. The van der Waals surface area contributed by atoms with Crippen molar-refractivity contribution in [3.63, 3.8) is 0 Å². The van der Waals surface area contributed by atoms with E-state index in [0.717, 1.165) is 70.6 Å². The molecule has 6 unspecified atom stereocenters. The number of hydrogen-bond donors (Lipinski definition) is 4. The molecular weight excluding hydrogens is 725 g/mol. The van der Waals surface area contributed by atoms with Crippen LogP contribution in [0.15, 0.2) is 48.6 Å². The third-order valence-electron chi connectivity index (χ3n) is 10.2. The second-order valence-electron chi connectivity index (χ2n) is 15.5. The Bertz CT molecular complexity index is 1070. The lowest BCUT2D eigenvalue weighted by molar-refractivity contribution is -0.305. The summed E-state index contributed by atoms with van der Waals surface area (Å²) in [6.07, 6.45) is 37.0. The van der Waals surface area contributed by atoms with Gasteiger partial charge in [-0.05, 0) is 51.4 Å². The molecule has 0 amide bonds. The number of carbonyl (C=O) groups excluding carboxylic acids is 2. The average Bonchev–Trinajstić information content (AvgIpc) is 3.21. The molecule has 0 aromatic rings. The molecule has 1 aliphatic heterocycles. The van der Waals surface area contributed by atoms with E-state index in [-0.39, 0.29) is 32.0 Å². The number of ether oxygens (including phenoxy) is 4. The molecule has 0 aromatic carbocycles. The van der Waals surface area contributed by atoms with Crippen LogP contribution in [0.3, 0.4) is 0 Å². The molecule has 1 fully saturated rings. The molecule has 1 aliphatic rings. The number of aliphatic hydroxyl groups excluding tert-OH is 4. The molecule has 0 aromatic heterocycles. The standard InChI is InChI=1S/C47H82O10/c1-3-5-7-9-11-13-14-15-16-17-18-19-20-21-22-23-24-25-26-28-30-32-34-36-43(50)56-40(39-55-47-46(53)45(52)44(51)41(37-48)57-47)38-54-42(49)35-33-31-29-27-12-10-8-6-4-2/h5,7,11,13,15-16,18-19,40-41,44-48,51-53H,3-4,6,8-10,12,14,17,20-39H2,1-2H3/b7-5-,13-11-,16-15-,19-18-. The molecule has 57 heavy (non-hydrogen) atoms. The van der Waals surface area contributed by atoms with Crippen LogP contribution in [0.2, 0.25) is 0 Å². The first-order valence-electron chi connectivity index (χ1n) is 22.7. The molecule has 1 heterocycles. The van der Waals surface area contributed by atoms with Gasteiger partial charge in [0.05, 0.1) is 13.2 Å². The van der Waals surface area contributed by atoms with E-state index >= 15 is 0 Å². The lowest BCUT2D eigenvalue weighted by Crippen LogP contribution is -2.59. The first kappa shape index (κ1) is 52.7. The topological polar surface area (TPSA) is 152 Å². The summed E-state index contributed by atoms with van der Waals surface area (Å²) in [5.41, 5.74) is 0. The number of allylic oxidation sites excluding steroid dienone is 8. The summed E-state index contributed by atoms with van der Waals surface area (Å²) < 4.78 is 22.1. The van der Waals surface area contributed by atoms with Crippen molar-refractivity contribution >= 4 is 11.9 Å². The first-order chi connectivity index (χ1) is 27.8. The zero-order valence-corrected chi connectivity index (χ0v) is 35.8. The summed E-state index contributed by atoms with van der Waals surface area (Å²) in [5.74, 6) is -0.814. The Balaban J connectivity index is 2.26. The summed E-state index contributed by atoms with van der Waals surface area (Å²) in [6.45, 7) is 3.28. The van der Waals surface area contributed by atoms with E-state index in [9.17, 15) is 30.0 Å². The smallest absolute Gasteiger partial charge is 0.306 e. The van der Waals surface area contributed by atoms with Crippen LogP contribution in [0.4, 0.5) is 0 Å². The molecule has 0 radical (unpaired) electrons. The molecule has 1 rings (SSSR count). The van der Waals surface area contributed by atoms with Crippen LogP contribution in [-0.4, -0.2) is 89.0 Å². The van der Waals surface area contributed by atoms with Gasteiger partial charge in [-0.25, -0.2) is 0 Å². The van der Waals surface area contributed by atoms with Crippen molar-refractivity contribution in [3.05, 3.63) is 48.6 Å². The van der Waals surface area contributed by atoms with Crippen molar-refractivity contribution in [1.29, 1.82) is 0 Å². The van der Waals surface area contributed by atoms with Gasteiger partial charge >= 0.3 is 11.9 Å². The highest BCUT2D eigenvalue weighted by Gasteiger charge is 2.44. The Hall–Kier alpha value is -2.34. The van der Waals surface area contributed by atoms with Crippen LogP contribution in [0.5, 0.6) is 0 Å². The minimum atomic E-state index is -1.59. The van der Waals surface area contributed by atoms with Crippen molar-refractivity contribution in [2.24, 2.45) is 0 Å². The van der Waals surface area contributed by atoms with Gasteiger partial charge in [-0.15, -0.1) is 0 Å². The zero-order valence-electron chi connectivity index (χ0n) is 35.8. The van der Waals surface area contributed by atoms with Gasteiger partial charge in [-0.3, -0.25) is 9.59 Å². The molecule has 330 valence electrons. The normalized spacial score (nSPS) is 20.7. The highest BCUT2D eigenvalue weighted by molar-refractivity contribution is 5.70. The van der Waals surface area contributed by atoms with Crippen LogP contribution in [0.1, 0.15) is 181 Å². The number of aliphatic hydroxyl groups is 4. The SMILES string of the molecule is CC/C=C\C/C=C\C/C=C\C/C=C\CCCCCCCCCCCCC(=O)OC(COC(=O)CCCCCCCCCCC)COC1OC(CO)C(O)C(O)C1O. The molecular formula is C47H82O10. The fraction of sp³-hybridized carbons (Fsp3) is 0.787. The van der Waals surface area contributed by atoms with E-state index in [1.807, 2.05) is 0 Å². The van der Waals surface area contributed by atoms with Gasteiger partial charge in [-0.2, -0.15) is 0 Å². The maximum atomic E-state index is 12.8. The Morgan fingerprint density at radius 2 is 1.04 bits per heavy atom. The van der Waals surface area contributed by atoms with Gasteiger partial charge in [0, 0.05) is 12.8 Å². The molecule has 0 spiro atoms. The fourth-order valence-electron chi connectivity index (χ4n) is 6.65. The molecule has 10 heteroatoms. The van der Waals surface area contributed by atoms with Gasteiger partial charge in [0.15, 0.2) is 12.4 Å². The van der Waals surface area contributed by atoms with Crippen molar-refractivity contribution in [1.82, 2.24) is 0 Å². The lowest BCUT2D eigenvalue weighted by Gasteiger charge is -2.39. The van der Waals surface area contributed by atoms with Crippen LogP contribution >= 0.6 is 0 Å².